The summed E-state index contributed by atoms with van der Waals surface area (Å²) >= 11 is 3.35. The van der Waals surface area contributed by atoms with E-state index in [0.717, 1.165) is 10.0 Å². The molecule has 0 spiro atoms. The van der Waals surface area contributed by atoms with Crippen LogP contribution in [0.15, 0.2) is 16.6 Å². The van der Waals surface area contributed by atoms with Crippen LogP contribution < -0.4 is 11.1 Å². The number of nitrogen functional groups attached to an aromatic ring is 1. The number of carbonyl (C=O) groups is 2. The van der Waals surface area contributed by atoms with E-state index in [0.29, 0.717) is 30.8 Å². The second kappa shape index (κ2) is 5.83. The third-order valence-electron chi connectivity index (χ3n) is 3.62. The van der Waals surface area contributed by atoms with E-state index in [4.69, 9.17) is 5.73 Å². The molecule has 2 amide bonds. The molecule has 1 aromatic rings. The maximum atomic E-state index is 12.7. The summed E-state index contributed by atoms with van der Waals surface area (Å²) in [4.78, 5) is 26.2. The summed E-state index contributed by atoms with van der Waals surface area (Å²) in [5, 5.41) is 2.79. The lowest BCUT2D eigenvalue weighted by Crippen LogP contribution is -2.57. The van der Waals surface area contributed by atoms with Gasteiger partial charge in [-0.1, -0.05) is 22.9 Å². The van der Waals surface area contributed by atoms with Crippen LogP contribution in [0, 0.1) is 6.92 Å². The molecule has 6 heteroatoms. The minimum atomic E-state index is -0.407. The monoisotopic (exact) mass is 339 g/mol. The number of rotatable bonds is 2. The number of anilines is 1. The normalized spacial score (nSPS) is 18.9. The molecule has 1 atom stereocenters. The third kappa shape index (κ3) is 2.65. The van der Waals surface area contributed by atoms with Crippen molar-refractivity contribution in [3.05, 3.63) is 27.7 Å². The van der Waals surface area contributed by atoms with Crippen molar-refractivity contribution in [2.24, 2.45) is 0 Å². The number of nitrogens with two attached hydrogens (primary N) is 1. The lowest BCUT2D eigenvalue weighted by molar-refractivity contribution is -0.127. The molecule has 0 saturated carbocycles. The molecular formula is C14H18BrN3O2. The minimum absolute atomic E-state index is 0.0901. The summed E-state index contributed by atoms with van der Waals surface area (Å²) < 4.78 is 0.762. The van der Waals surface area contributed by atoms with Crippen LogP contribution in [0.3, 0.4) is 0 Å². The van der Waals surface area contributed by atoms with E-state index in [2.05, 4.69) is 21.2 Å². The quantitative estimate of drug-likeness (QED) is 0.805. The van der Waals surface area contributed by atoms with Gasteiger partial charge in [-0.25, -0.2) is 0 Å². The Kier molecular flexibility index (Phi) is 4.32. The maximum Gasteiger partial charge on any atom is 0.254 e. The molecule has 0 radical (unpaired) electrons. The fourth-order valence-corrected chi connectivity index (χ4v) is 2.92. The Labute approximate surface area is 126 Å². The summed E-state index contributed by atoms with van der Waals surface area (Å²) in [7, 11) is 0. The van der Waals surface area contributed by atoms with Gasteiger partial charge in [-0.15, -0.1) is 0 Å². The second-order valence-electron chi connectivity index (χ2n) is 4.88. The molecule has 0 bridgehead atoms. The van der Waals surface area contributed by atoms with Crippen LogP contribution in [0.5, 0.6) is 0 Å². The first-order valence-corrected chi connectivity index (χ1v) is 7.39. The van der Waals surface area contributed by atoms with Crippen molar-refractivity contribution < 1.29 is 9.59 Å². The molecule has 1 aromatic carbocycles. The maximum absolute atomic E-state index is 12.7. The van der Waals surface area contributed by atoms with Crippen molar-refractivity contribution in [3.63, 3.8) is 0 Å². The fraction of sp³-hybridized carbons (Fsp3) is 0.429. The lowest BCUT2D eigenvalue weighted by atomic mass is 10.0. The van der Waals surface area contributed by atoms with Gasteiger partial charge in [-0.2, -0.15) is 0 Å². The van der Waals surface area contributed by atoms with Crippen molar-refractivity contribution in [1.82, 2.24) is 10.2 Å². The van der Waals surface area contributed by atoms with Crippen LogP contribution in [0.1, 0.15) is 29.3 Å². The molecule has 5 nitrogen and oxygen atoms in total. The Hall–Kier alpha value is -1.56. The highest BCUT2D eigenvalue weighted by Gasteiger charge is 2.32. The zero-order valence-electron chi connectivity index (χ0n) is 11.6. The first-order valence-electron chi connectivity index (χ1n) is 6.60. The van der Waals surface area contributed by atoms with Gasteiger partial charge in [0, 0.05) is 28.8 Å². The molecule has 3 N–H and O–H groups in total. The predicted octanol–water partition coefficient (Wildman–Crippen LogP) is 1.69. The molecule has 20 heavy (non-hydrogen) atoms. The second-order valence-corrected chi connectivity index (χ2v) is 5.80. The fourth-order valence-electron chi connectivity index (χ4n) is 2.44. The molecule has 1 fully saturated rings. The Morgan fingerprint density at radius 1 is 1.55 bits per heavy atom. The number of hydrogen-bond acceptors (Lipinski definition) is 3. The average Bonchev–Trinajstić information content (AvgIpc) is 2.41. The van der Waals surface area contributed by atoms with E-state index in [-0.39, 0.29) is 11.8 Å². The van der Waals surface area contributed by atoms with Crippen LogP contribution in [-0.4, -0.2) is 35.8 Å². The van der Waals surface area contributed by atoms with E-state index in [9.17, 15) is 9.59 Å². The highest BCUT2D eigenvalue weighted by atomic mass is 79.9. The van der Waals surface area contributed by atoms with Crippen LogP contribution in [0.2, 0.25) is 0 Å². The molecule has 0 aliphatic carbocycles. The molecule has 1 aliphatic heterocycles. The number of piperazine rings is 1. The van der Waals surface area contributed by atoms with Crippen molar-refractivity contribution in [3.8, 4) is 0 Å². The van der Waals surface area contributed by atoms with E-state index in [1.54, 1.807) is 17.0 Å². The topological polar surface area (TPSA) is 75.4 Å². The highest BCUT2D eigenvalue weighted by molar-refractivity contribution is 9.10. The first-order chi connectivity index (χ1) is 9.45. The Balaban J connectivity index is 2.38. The first kappa shape index (κ1) is 14.8. The minimum Gasteiger partial charge on any atom is -0.398 e. The van der Waals surface area contributed by atoms with Gasteiger partial charge in [0.05, 0.1) is 0 Å². The Morgan fingerprint density at radius 2 is 2.25 bits per heavy atom. The number of halogens is 1. The van der Waals surface area contributed by atoms with Gasteiger partial charge >= 0.3 is 0 Å². The predicted molar refractivity (Wildman–Crippen MR) is 81.4 cm³/mol. The van der Waals surface area contributed by atoms with E-state index >= 15 is 0 Å². The third-order valence-corrected chi connectivity index (χ3v) is 4.08. The van der Waals surface area contributed by atoms with E-state index < -0.39 is 6.04 Å². The summed E-state index contributed by atoms with van der Waals surface area (Å²) in [6.07, 6.45) is 0.597. The number of nitrogens with zero attached hydrogens (tertiary/aromatic N) is 1. The molecular weight excluding hydrogens is 322 g/mol. The van der Waals surface area contributed by atoms with E-state index in [1.165, 1.54) is 0 Å². The standard InChI is InChI=1S/C14H18BrN3O2/c1-3-12-13(19)17-4-5-18(12)14(20)10-6-9(15)7-11(16)8(10)2/h6-7,12H,3-5,16H2,1-2H3,(H,17,19). The largest absolute Gasteiger partial charge is 0.398 e. The summed E-state index contributed by atoms with van der Waals surface area (Å²) in [6.45, 7) is 4.73. The molecule has 1 aliphatic rings. The number of benzene rings is 1. The number of nitrogens with one attached hydrogen (secondary N) is 1. The molecule has 1 heterocycles. The molecule has 0 aromatic heterocycles. The molecule has 1 unspecified atom stereocenters. The van der Waals surface area contributed by atoms with Gasteiger partial charge in [0.1, 0.15) is 6.04 Å². The van der Waals surface area contributed by atoms with E-state index in [1.807, 2.05) is 13.8 Å². The van der Waals surface area contributed by atoms with Crippen LogP contribution in [0.4, 0.5) is 5.69 Å². The van der Waals surface area contributed by atoms with Crippen LogP contribution in [0.25, 0.3) is 0 Å². The Bertz CT molecular complexity index is 560. The smallest absolute Gasteiger partial charge is 0.254 e. The molecule has 2 rings (SSSR count). The van der Waals surface area contributed by atoms with Gasteiger partial charge in [-0.3, -0.25) is 9.59 Å². The van der Waals surface area contributed by atoms with Gasteiger partial charge in [0.15, 0.2) is 0 Å². The van der Waals surface area contributed by atoms with Crippen molar-refractivity contribution in [2.45, 2.75) is 26.3 Å². The van der Waals surface area contributed by atoms with Gasteiger partial charge in [-0.05, 0) is 31.0 Å². The summed E-state index contributed by atoms with van der Waals surface area (Å²) in [5.41, 5.74) is 7.77. The summed E-state index contributed by atoms with van der Waals surface area (Å²) in [6, 6.07) is 3.12. The Morgan fingerprint density at radius 3 is 2.90 bits per heavy atom. The van der Waals surface area contributed by atoms with Gasteiger partial charge < -0.3 is 16.0 Å². The zero-order valence-corrected chi connectivity index (χ0v) is 13.2. The number of carbonyl (C=O) groups excluding carboxylic acids is 2. The lowest BCUT2D eigenvalue weighted by Gasteiger charge is -2.35. The van der Waals surface area contributed by atoms with Gasteiger partial charge in [0.25, 0.3) is 5.91 Å². The van der Waals surface area contributed by atoms with Crippen molar-refractivity contribution in [2.75, 3.05) is 18.8 Å². The highest BCUT2D eigenvalue weighted by Crippen LogP contribution is 2.25. The molecule has 108 valence electrons. The van der Waals surface area contributed by atoms with Crippen molar-refractivity contribution in [1.29, 1.82) is 0 Å². The van der Waals surface area contributed by atoms with Gasteiger partial charge in [0.2, 0.25) is 5.91 Å². The van der Waals surface area contributed by atoms with Crippen LogP contribution >= 0.6 is 15.9 Å². The SMILES string of the molecule is CCC1C(=O)NCCN1C(=O)c1cc(Br)cc(N)c1C. The average molecular weight is 340 g/mol. The summed E-state index contributed by atoms with van der Waals surface area (Å²) in [5.74, 6) is -0.232. The number of hydrogen-bond donors (Lipinski definition) is 2. The van der Waals surface area contributed by atoms with Crippen molar-refractivity contribution >= 4 is 33.4 Å². The van der Waals surface area contributed by atoms with Crippen LogP contribution in [-0.2, 0) is 4.79 Å². The number of amides is 2. The zero-order chi connectivity index (χ0) is 14.9. The molecule has 1 saturated heterocycles.